The van der Waals surface area contributed by atoms with E-state index in [4.69, 9.17) is 5.11 Å². The Labute approximate surface area is 72.9 Å². The van der Waals surface area contributed by atoms with Gasteiger partial charge >= 0.3 is 0 Å². The van der Waals surface area contributed by atoms with Crippen LogP contribution in [0.2, 0.25) is 0 Å². The summed E-state index contributed by atoms with van der Waals surface area (Å²) in [5.74, 6) is -0.394. The number of carbonyl (C=O) groups is 1. The van der Waals surface area contributed by atoms with Gasteiger partial charge in [0.05, 0.1) is 5.57 Å². The highest BCUT2D eigenvalue weighted by molar-refractivity contribution is 5.97. The first kappa shape index (κ1) is 10.7. The Balaban J connectivity index is 4.74. The summed E-state index contributed by atoms with van der Waals surface area (Å²) < 4.78 is 0. The molecule has 0 saturated heterocycles. The van der Waals surface area contributed by atoms with Crippen LogP contribution < -0.4 is 0 Å². The Morgan fingerprint density at radius 3 is 2.25 bits per heavy atom. The summed E-state index contributed by atoms with van der Waals surface area (Å²) in [5.41, 5.74) is 1.04. The number of hydrogen-bond donors (Lipinski definition) is 1. The molecule has 0 saturated carbocycles. The smallest absolute Gasteiger partial charge is 0.163 e. The van der Waals surface area contributed by atoms with Crippen LogP contribution in [-0.4, -0.2) is 10.9 Å². The van der Waals surface area contributed by atoms with E-state index in [2.05, 4.69) is 13.2 Å². The van der Waals surface area contributed by atoms with Crippen molar-refractivity contribution >= 4 is 5.78 Å². The molecule has 0 radical (unpaired) electrons. The molecule has 0 aliphatic heterocycles. The summed E-state index contributed by atoms with van der Waals surface area (Å²) in [6.07, 6.45) is 2.31. The van der Waals surface area contributed by atoms with E-state index in [9.17, 15) is 4.79 Å². The van der Waals surface area contributed by atoms with Crippen molar-refractivity contribution in [1.29, 1.82) is 0 Å². The maximum Gasteiger partial charge on any atom is 0.163 e. The maximum atomic E-state index is 10.9. The molecule has 2 heteroatoms. The van der Waals surface area contributed by atoms with Crippen LogP contribution in [0.1, 0.15) is 20.3 Å². The maximum absolute atomic E-state index is 10.9. The van der Waals surface area contributed by atoms with Crippen molar-refractivity contribution in [1.82, 2.24) is 0 Å². The zero-order chi connectivity index (χ0) is 9.72. The molecule has 0 aromatic heterocycles. The van der Waals surface area contributed by atoms with Crippen LogP contribution in [0.25, 0.3) is 0 Å². The van der Waals surface area contributed by atoms with Gasteiger partial charge < -0.3 is 5.11 Å². The predicted octanol–water partition coefficient (Wildman–Crippen LogP) is 2.54. The van der Waals surface area contributed by atoms with Crippen LogP contribution >= 0.6 is 0 Å². The minimum Gasteiger partial charge on any atom is -0.508 e. The van der Waals surface area contributed by atoms with Crippen LogP contribution in [-0.2, 0) is 4.79 Å². The van der Waals surface area contributed by atoms with Crippen molar-refractivity contribution in [2.75, 3.05) is 0 Å². The molecule has 0 fully saturated rings. The molecule has 1 N–H and O–H groups in total. The lowest BCUT2D eigenvalue weighted by Gasteiger charge is -2.01. The van der Waals surface area contributed by atoms with Crippen molar-refractivity contribution in [2.45, 2.75) is 20.3 Å². The number of aliphatic hydroxyl groups excluding tert-OH is 1. The molecule has 0 aliphatic carbocycles. The predicted molar refractivity (Wildman–Crippen MR) is 50.0 cm³/mol. The average molecular weight is 166 g/mol. The summed E-state index contributed by atoms with van der Waals surface area (Å²) in [5, 5.41) is 9.00. The van der Waals surface area contributed by atoms with Crippen molar-refractivity contribution in [3.63, 3.8) is 0 Å². The summed E-state index contributed by atoms with van der Waals surface area (Å²) in [7, 11) is 0. The third kappa shape index (κ3) is 3.19. The topological polar surface area (TPSA) is 37.3 Å². The van der Waals surface area contributed by atoms with E-state index < -0.39 is 0 Å². The summed E-state index contributed by atoms with van der Waals surface area (Å²) in [4.78, 5) is 10.9. The molecule has 0 aliphatic rings. The second-order valence-electron chi connectivity index (χ2n) is 2.57. The van der Waals surface area contributed by atoms with Crippen molar-refractivity contribution < 1.29 is 9.90 Å². The fourth-order valence-electron chi connectivity index (χ4n) is 0.694. The zero-order valence-electron chi connectivity index (χ0n) is 7.55. The summed E-state index contributed by atoms with van der Waals surface area (Å²) in [6, 6.07) is 0. The van der Waals surface area contributed by atoms with Crippen molar-refractivity contribution in [2.24, 2.45) is 0 Å². The van der Waals surface area contributed by atoms with Crippen molar-refractivity contribution in [3.8, 4) is 0 Å². The van der Waals surface area contributed by atoms with Crippen LogP contribution in [0.5, 0.6) is 0 Å². The Kier molecular flexibility index (Phi) is 4.05. The van der Waals surface area contributed by atoms with E-state index in [1.807, 2.05) is 6.92 Å². The minimum absolute atomic E-state index is 0.197. The number of hydrogen-bond acceptors (Lipinski definition) is 2. The van der Waals surface area contributed by atoms with Gasteiger partial charge in [0.2, 0.25) is 0 Å². The molecule has 0 bridgehead atoms. The quantitative estimate of drug-likeness (QED) is 0.396. The number of rotatable bonds is 4. The second-order valence-corrected chi connectivity index (χ2v) is 2.57. The van der Waals surface area contributed by atoms with Crippen LogP contribution in [0.3, 0.4) is 0 Å². The molecular weight excluding hydrogens is 152 g/mol. The highest BCUT2D eigenvalue weighted by Crippen LogP contribution is 2.10. The molecule has 66 valence electrons. The van der Waals surface area contributed by atoms with Crippen LogP contribution in [0.15, 0.2) is 36.1 Å². The van der Waals surface area contributed by atoms with E-state index >= 15 is 0 Å². The average Bonchev–Trinajstić information content (AvgIpc) is 1.98. The number of carbonyl (C=O) groups excluding carboxylic acids is 1. The fourth-order valence-corrected chi connectivity index (χ4v) is 0.694. The van der Waals surface area contributed by atoms with Gasteiger partial charge in [-0.3, -0.25) is 4.79 Å². The van der Waals surface area contributed by atoms with Gasteiger partial charge in [0, 0.05) is 0 Å². The third-order valence-corrected chi connectivity index (χ3v) is 1.49. The number of aliphatic hydroxyl groups is 1. The van der Waals surface area contributed by atoms with E-state index in [0.29, 0.717) is 0 Å². The van der Waals surface area contributed by atoms with E-state index in [0.717, 1.165) is 12.0 Å². The molecule has 0 aromatic rings. The Bertz CT molecular complexity index is 231. The highest BCUT2D eigenvalue weighted by atomic mass is 16.3. The lowest BCUT2D eigenvalue weighted by Crippen LogP contribution is -1.99. The zero-order valence-corrected chi connectivity index (χ0v) is 7.55. The van der Waals surface area contributed by atoms with Crippen molar-refractivity contribution in [3.05, 3.63) is 36.1 Å². The van der Waals surface area contributed by atoms with Gasteiger partial charge in [-0.2, -0.15) is 0 Å². The lowest BCUT2D eigenvalue weighted by atomic mass is 10.1. The van der Waals surface area contributed by atoms with Gasteiger partial charge in [-0.15, -0.1) is 0 Å². The first-order valence-electron chi connectivity index (χ1n) is 3.77. The normalized spacial score (nSPS) is 11.0. The van der Waals surface area contributed by atoms with Gasteiger partial charge in [-0.1, -0.05) is 25.7 Å². The van der Waals surface area contributed by atoms with Crippen LogP contribution in [0, 0.1) is 0 Å². The van der Waals surface area contributed by atoms with E-state index in [-0.39, 0.29) is 17.1 Å². The molecule has 0 unspecified atom stereocenters. The van der Waals surface area contributed by atoms with Gasteiger partial charge in [0.25, 0.3) is 0 Å². The largest absolute Gasteiger partial charge is 0.508 e. The minimum atomic E-state index is -0.197. The van der Waals surface area contributed by atoms with Gasteiger partial charge in [0.1, 0.15) is 5.76 Å². The van der Waals surface area contributed by atoms with E-state index in [1.54, 1.807) is 6.08 Å². The Morgan fingerprint density at radius 2 is 2.00 bits per heavy atom. The molecule has 0 aromatic carbocycles. The standard InChI is InChI=1S/C10H14O2/c1-5-7(2)6-10(8(3)11)9(4)12/h6,11H,2-3,5H2,1,4H3/b10-6+. The SMILES string of the molecule is C=C(/C=C(\C(=C)O)C(C)=O)CC. The summed E-state index contributed by atoms with van der Waals surface area (Å²) >= 11 is 0. The first-order valence-corrected chi connectivity index (χ1v) is 3.77. The molecule has 0 amide bonds. The summed E-state index contributed by atoms with van der Waals surface area (Å²) in [6.45, 7) is 10.3. The first-order chi connectivity index (χ1) is 5.49. The molecule has 0 rings (SSSR count). The molecule has 12 heavy (non-hydrogen) atoms. The second kappa shape index (κ2) is 4.54. The molecular formula is C10H14O2. The number of Topliss-reactive ketones (excluding diaryl/α,β-unsaturated/α-hetero) is 1. The molecule has 0 atom stereocenters. The number of ketones is 1. The lowest BCUT2D eigenvalue weighted by molar-refractivity contribution is -0.113. The monoisotopic (exact) mass is 166 g/mol. The number of allylic oxidation sites excluding steroid dienone is 3. The van der Waals surface area contributed by atoms with E-state index in [1.165, 1.54) is 6.92 Å². The van der Waals surface area contributed by atoms with Crippen LogP contribution in [0.4, 0.5) is 0 Å². The fraction of sp³-hybridized carbons (Fsp3) is 0.300. The molecule has 0 spiro atoms. The molecule has 0 heterocycles. The van der Waals surface area contributed by atoms with Gasteiger partial charge in [-0.05, 0) is 19.4 Å². The Hall–Kier alpha value is -1.31. The highest BCUT2D eigenvalue weighted by Gasteiger charge is 2.06. The third-order valence-electron chi connectivity index (χ3n) is 1.49. The Morgan fingerprint density at radius 1 is 1.50 bits per heavy atom. The van der Waals surface area contributed by atoms with Gasteiger partial charge in [-0.25, -0.2) is 0 Å². The molecule has 2 nitrogen and oxygen atoms in total. The van der Waals surface area contributed by atoms with Gasteiger partial charge in [0.15, 0.2) is 5.78 Å².